The Kier molecular flexibility index (Phi) is 2.19. The number of nitrogens with zero attached hydrogens (tertiary/aromatic N) is 1. The predicted molar refractivity (Wildman–Crippen MR) is 49.5 cm³/mol. The smallest absolute Gasteiger partial charge is 0.0420 e. The summed E-state index contributed by atoms with van der Waals surface area (Å²) in [7, 11) is 4.25. The second kappa shape index (κ2) is 2.82. The van der Waals surface area contributed by atoms with E-state index in [4.69, 9.17) is 0 Å². The van der Waals surface area contributed by atoms with E-state index in [2.05, 4.69) is 57.1 Å². The van der Waals surface area contributed by atoms with Gasteiger partial charge in [-0.15, -0.1) is 0 Å². The molecule has 0 saturated carbocycles. The van der Waals surface area contributed by atoms with Crippen LogP contribution in [0.4, 0.5) is 0 Å². The van der Waals surface area contributed by atoms with Gasteiger partial charge in [0.15, 0.2) is 0 Å². The third kappa shape index (κ3) is 1.38. The molecule has 1 rings (SSSR count). The summed E-state index contributed by atoms with van der Waals surface area (Å²) in [6.45, 7) is 4.51. The SMILES string of the molecule is CC1C=CC=CC1(C)N(C)C. The van der Waals surface area contributed by atoms with Gasteiger partial charge in [0, 0.05) is 5.54 Å². The molecule has 0 fully saturated rings. The standard InChI is InChI=1S/C10H17N/c1-9-7-5-6-8-10(9,2)11(3)4/h5-9H,1-4H3. The Morgan fingerprint density at radius 3 is 2.27 bits per heavy atom. The Bertz CT molecular complexity index is 191. The van der Waals surface area contributed by atoms with Crippen LogP contribution in [0.3, 0.4) is 0 Å². The van der Waals surface area contributed by atoms with Crippen molar-refractivity contribution in [1.29, 1.82) is 0 Å². The van der Waals surface area contributed by atoms with Crippen LogP contribution in [0.1, 0.15) is 13.8 Å². The Morgan fingerprint density at radius 1 is 1.27 bits per heavy atom. The largest absolute Gasteiger partial charge is 0.300 e. The topological polar surface area (TPSA) is 3.24 Å². The van der Waals surface area contributed by atoms with Gasteiger partial charge in [0.2, 0.25) is 0 Å². The number of rotatable bonds is 1. The van der Waals surface area contributed by atoms with E-state index < -0.39 is 0 Å². The van der Waals surface area contributed by atoms with Crippen molar-refractivity contribution in [3.63, 3.8) is 0 Å². The van der Waals surface area contributed by atoms with Crippen LogP contribution in [0.25, 0.3) is 0 Å². The van der Waals surface area contributed by atoms with Gasteiger partial charge < -0.3 is 0 Å². The molecule has 0 radical (unpaired) electrons. The van der Waals surface area contributed by atoms with Crippen molar-refractivity contribution in [2.24, 2.45) is 5.92 Å². The van der Waals surface area contributed by atoms with Gasteiger partial charge in [0.05, 0.1) is 0 Å². The maximum Gasteiger partial charge on any atom is 0.0420 e. The van der Waals surface area contributed by atoms with Gasteiger partial charge in [-0.1, -0.05) is 31.2 Å². The minimum absolute atomic E-state index is 0.203. The average Bonchev–Trinajstić information content (AvgIpc) is 1.95. The molecule has 0 bridgehead atoms. The fourth-order valence-corrected chi connectivity index (χ4v) is 1.38. The van der Waals surface area contributed by atoms with E-state index in [0.29, 0.717) is 5.92 Å². The summed E-state index contributed by atoms with van der Waals surface area (Å²) < 4.78 is 0. The Labute approximate surface area is 69.4 Å². The van der Waals surface area contributed by atoms with E-state index in [1.165, 1.54) is 0 Å². The molecule has 0 aliphatic heterocycles. The molecule has 2 unspecified atom stereocenters. The predicted octanol–water partition coefficient (Wildman–Crippen LogP) is 2.07. The third-order valence-electron chi connectivity index (χ3n) is 2.83. The van der Waals surface area contributed by atoms with Crippen LogP contribution in [0, 0.1) is 5.92 Å². The van der Waals surface area contributed by atoms with Gasteiger partial charge in [0.25, 0.3) is 0 Å². The molecular weight excluding hydrogens is 134 g/mol. The van der Waals surface area contributed by atoms with Crippen molar-refractivity contribution in [1.82, 2.24) is 4.90 Å². The molecule has 11 heavy (non-hydrogen) atoms. The molecule has 1 heteroatoms. The fraction of sp³-hybridized carbons (Fsp3) is 0.600. The number of hydrogen-bond donors (Lipinski definition) is 0. The van der Waals surface area contributed by atoms with Crippen LogP contribution < -0.4 is 0 Å². The Balaban J connectivity index is 2.85. The number of hydrogen-bond acceptors (Lipinski definition) is 1. The van der Waals surface area contributed by atoms with Gasteiger partial charge in [0.1, 0.15) is 0 Å². The van der Waals surface area contributed by atoms with Crippen LogP contribution in [-0.2, 0) is 0 Å². The van der Waals surface area contributed by atoms with Gasteiger partial charge in [-0.05, 0) is 26.9 Å². The van der Waals surface area contributed by atoms with Crippen molar-refractivity contribution in [3.8, 4) is 0 Å². The molecular formula is C10H17N. The lowest BCUT2D eigenvalue weighted by Crippen LogP contribution is -2.45. The highest BCUT2D eigenvalue weighted by Gasteiger charge is 2.29. The maximum atomic E-state index is 2.26. The summed E-state index contributed by atoms with van der Waals surface area (Å²) in [5, 5.41) is 0. The monoisotopic (exact) mass is 151 g/mol. The first-order chi connectivity index (χ1) is 5.07. The van der Waals surface area contributed by atoms with Crippen molar-refractivity contribution >= 4 is 0 Å². The number of likely N-dealkylation sites (N-methyl/N-ethyl adjacent to an activating group) is 1. The van der Waals surface area contributed by atoms with E-state index in [1.807, 2.05) is 0 Å². The van der Waals surface area contributed by atoms with Crippen LogP contribution in [0.5, 0.6) is 0 Å². The van der Waals surface area contributed by atoms with Gasteiger partial charge in [-0.3, -0.25) is 4.90 Å². The zero-order chi connectivity index (χ0) is 8.48. The first-order valence-electron chi connectivity index (χ1n) is 4.11. The average molecular weight is 151 g/mol. The van der Waals surface area contributed by atoms with Gasteiger partial charge >= 0.3 is 0 Å². The zero-order valence-electron chi connectivity index (χ0n) is 7.83. The molecule has 1 aliphatic rings. The zero-order valence-corrected chi connectivity index (χ0v) is 7.83. The first kappa shape index (κ1) is 8.54. The molecule has 1 aliphatic carbocycles. The van der Waals surface area contributed by atoms with Crippen molar-refractivity contribution in [2.75, 3.05) is 14.1 Å². The molecule has 0 amide bonds. The van der Waals surface area contributed by atoms with Crippen molar-refractivity contribution in [3.05, 3.63) is 24.3 Å². The summed E-state index contributed by atoms with van der Waals surface area (Å²) in [6.07, 6.45) is 8.76. The molecule has 0 N–H and O–H groups in total. The lowest BCUT2D eigenvalue weighted by atomic mass is 9.82. The Morgan fingerprint density at radius 2 is 1.91 bits per heavy atom. The molecule has 0 spiro atoms. The fourth-order valence-electron chi connectivity index (χ4n) is 1.38. The van der Waals surface area contributed by atoms with Gasteiger partial charge in [-0.25, -0.2) is 0 Å². The normalized spacial score (nSPS) is 36.6. The lowest BCUT2D eigenvalue weighted by molar-refractivity contribution is 0.181. The second-order valence-corrected chi connectivity index (χ2v) is 3.65. The summed E-state index contributed by atoms with van der Waals surface area (Å²) in [5.74, 6) is 0.600. The maximum absolute atomic E-state index is 2.26. The first-order valence-corrected chi connectivity index (χ1v) is 4.11. The molecule has 1 nitrogen and oxygen atoms in total. The summed E-state index contributed by atoms with van der Waals surface area (Å²) in [6, 6.07) is 0. The van der Waals surface area contributed by atoms with Crippen LogP contribution >= 0.6 is 0 Å². The minimum atomic E-state index is 0.203. The number of allylic oxidation sites excluding steroid dienone is 2. The van der Waals surface area contributed by atoms with Crippen LogP contribution in [0.2, 0.25) is 0 Å². The van der Waals surface area contributed by atoms with E-state index in [0.717, 1.165) is 0 Å². The molecule has 2 atom stereocenters. The molecule has 0 aromatic rings. The summed E-state index contributed by atoms with van der Waals surface area (Å²) >= 11 is 0. The molecule has 62 valence electrons. The van der Waals surface area contributed by atoms with E-state index in [-0.39, 0.29) is 5.54 Å². The Hall–Kier alpha value is -0.560. The molecule has 0 aromatic carbocycles. The van der Waals surface area contributed by atoms with Gasteiger partial charge in [-0.2, -0.15) is 0 Å². The second-order valence-electron chi connectivity index (χ2n) is 3.65. The third-order valence-corrected chi connectivity index (χ3v) is 2.83. The van der Waals surface area contributed by atoms with E-state index in [9.17, 15) is 0 Å². The van der Waals surface area contributed by atoms with Crippen molar-refractivity contribution in [2.45, 2.75) is 19.4 Å². The quantitative estimate of drug-likeness (QED) is 0.554. The summed E-state index contributed by atoms with van der Waals surface area (Å²) in [5.41, 5.74) is 0.203. The summed E-state index contributed by atoms with van der Waals surface area (Å²) in [4.78, 5) is 2.26. The van der Waals surface area contributed by atoms with Crippen LogP contribution in [-0.4, -0.2) is 24.5 Å². The minimum Gasteiger partial charge on any atom is -0.300 e. The van der Waals surface area contributed by atoms with Crippen LogP contribution in [0.15, 0.2) is 24.3 Å². The molecule has 0 aromatic heterocycles. The molecule has 0 saturated heterocycles. The molecule has 0 heterocycles. The highest BCUT2D eigenvalue weighted by molar-refractivity contribution is 5.22. The lowest BCUT2D eigenvalue weighted by Gasteiger charge is -2.39. The van der Waals surface area contributed by atoms with Crippen molar-refractivity contribution < 1.29 is 0 Å². The highest BCUT2D eigenvalue weighted by Crippen LogP contribution is 2.27. The van der Waals surface area contributed by atoms with E-state index in [1.54, 1.807) is 0 Å². The highest BCUT2D eigenvalue weighted by atomic mass is 15.1. The van der Waals surface area contributed by atoms with E-state index >= 15 is 0 Å².